The Labute approximate surface area is 189 Å². The summed E-state index contributed by atoms with van der Waals surface area (Å²) in [6, 6.07) is 13.2. The van der Waals surface area contributed by atoms with Gasteiger partial charge in [0.2, 0.25) is 0 Å². The van der Waals surface area contributed by atoms with Crippen molar-refractivity contribution in [1.82, 2.24) is 15.5 Å². The summed E-state index contributed by atoms with van der Waals surface area (Å²) in [5, 5.41) is 23.2. The summed E-state index contributed by atoms with van der Waals surface area (Å²) >= 11 is 11.9. The Hall–Kier alpha value is -2.81. The van der Waals surface area contributed by atoms with Gasteiger partial charge in [-0.3, -0.25) is 0 Å². The first kappa shape index (κ1) is 22.9. The largest absolute Gasteiger partial charge is 0.394 e. The quantitative estimate of drug-likeness (QED) is 0.386. The van der Waals surface area contributed by atoms with Crippen LogP contribution in [0.25, 0.3) is 0 Å². The third kappa shape index (κ3) is 6.85. The number of aromatic nitrogens is 2. The lowest BCUT2D eigenvalue weighted by molar-refractivity contribution is 0.230. The van der Waals surface area contributed by atoms with Crippen LogP contribution in [0.3, 0.4) is 0 Å². The van der Waals surface area contributed by atoms with Gasteiger partial charge in [0.15, 0.2) is 5.82 Å². The molecule has 1 aromatic heterocycles. The second-order valence-electron chi connectivity index (χ2n) is 7.61. The molecule has 0 spiro atoms. The Balaban J connectivity index is 1.77. The highest BCUT2D eigenvalue weighted by Crippen LogP contribution is 2.21. The first-order valence-electron chi connectivity index (χ1n) is 9.54. The van der Waals surface area contributed by atoms with Crippen LogP contribution in [-0.4, -0.2) is 33.4 Å². The average Bonchev–Trinajstić information content (AvgIpc) is 3.18. The smallest absolute Gasteiger partial charge is 0.322 e. The Kier molecular flexibility index (Phi) is 7.37. The number of urea groups is 1. The molecular formula is C21H23Cl2N5O3. The summed E-state index contributed by atoms with van der Waals surface area (Å²) in [5.74, 6) is 0.289. The van der Waals surface area contributed by atoms with Gasteiger partial charge in [0.25, 0.3) is 0 Å². The molecule has 164 valence electrons. The zero-order valence-electron chi connectivity index (χ0n) is 17.0. The number of amides is 2. The Morgan fingerprint density at radius 2 is 1.71 bits per heavy atom. The molecule has 1 heterocycles. The molecule has 0 aliphatic rings. The number of halogens is 2. The van der Waals surface area contributed by atoms with E-state index in [1.54, 1.807) is 50.2 Å². The molecule has 31 heavy (non-hydrogen) atoms. The summed E-state index contributed by atoms with van der Waals surface area (Å²) in [6.45, 7) is 3.46. The van der Waals surface area contributed by atoms with E-state index in [-0.39, 0.29) is 18.4 Å². The van der Waals surface area contributed by atoms with Crippen LogP contribution in [0.1, 0.15) is 31.3 Å². The van der Waals surface area contributed by atoms with E-state index in [0.717, 1.165) is 5.56 Å². The first-order valence-corrected chi connectivity index (χ1v) is 10.3. The molecule has 2 amide bonds. The molecule has 0 fully saturated rings. The lowest BCUT2D eigenvalue weighted by Crippen LogP contribution is -2.35. The minimum atomic E-state index is -0.644. The number of hydrogen-bond donors (Lipinski definition) is 4. The number of aliphatic hydroxyl groups excluding tert-OH is 1. The minimum absolute atomic E-state index is 0.124. The molecule has 4 N–H and O–H groups in total. The summed E-state index contributed by atoms with van der Waals surface area (Å²) in [7, 11) is 0. The highest BCUT2D eigenvalue weighted by Gasteiger charge is 2.24. The third-order valence-electron chi connectivity index (χ3n) is 4.35. The van der Waals surface area contributed by atoms with E-state index in [1.165, 1.54) is 0 Å². The summed E-state index contributed by atoms with van der Waals surface area (Å²) in [4.78, 5) is 16.9. The van der Waals surface area contributed by atoms with Gasteiger partial charge in [-0.1, -0.05) is 40.5 Å². The summed E-state index contributed by atoms with van der Waals surface area (Å²) in [6.07, 6.45) is 0.410. The number of carbonyl (C=O) groups is 1. The van der Waals surface area contributed by atoms with Crippen LogP contribution >= 0.6 is 23.2 Å². The molecular weight excluding hydrogens is 441 g/mol. The van der Waals surface area contributed by atoms with Gasteiger partial charge in [-0.05, 0) is 55.8 Å². The van der Waals surface area contributed by atoms with Crippen molar-refractivity contribution >= 4 is 40.9 Å². The first-order chi connectivity index (χ1) is 14.7. The maximum absolute atomic E-state index is 12.6. The number of nitrogens with one attached hydrogen (secondary N) is 3. The molecule has 8 nitrogen and oxygen atoms in total. The number of anilines is 2. The standard InChI is InChI=1S/C21H23Cl2N5O3/c1-21(2,12-29)27-20-26-18(28-31-20)17(11-13-3-5-14(22)6-4-13)25-19(30)24-16-9-7-15(23)8-10-16/h3-10,17,29H,11-12H2,1-2H3,(H2,24,25,30)(H,26,27,28). The molecule has 3 aromatic rings. The van der Waals surface area contributed by atoms with Gasteiger partial charge in [-0.25, -0.2) is 4.79 Å². The molecule has 1 atom stereocenters. The van der Waals surface area contributed by atoms with Crippen LogP contribution in [0.5, 0.6) is 0 Å². The van der Waals surface area contributed by atoms with E-state index in [4.69, 9.17) is 27.7 Å². The van der Waals surface area contributed by atoms with Crippen LogP contribution in [0.15, 0.2) is 53.1 Å². The van der Waals surface area contributed by atoms with Crippen molar-refractivity contribution in [3.05, 3.63) is 70.0 Å². The summed E-state index contributed by atoms with van der Waals surface area (Å²) in [5.41, 5.74) is 0.873. The Morgan fingerprint density at radius 3 is 2.32 bits per heavy atom. The second-order valence-corrected chi connectivity index (χ2v) is 8.49. The van der Waals surface area contributed by atoms with Gasteiger partial charge >= 0.3 is 12.0 Å². The molecule has 10 heteroatoms. The predicted octanol–water partition coefficient (Wildman–Crippen LogP) is 4.66. The number of nitrogens with zero attached hydrogens (tertiary/aromatic N) is 2. The number of hydrogen-bond acceptors (Lipinski definition) is 6. The number of carbonyl (C=O) groups excluding carboxylic acids is 1. The van der Waals surface area contributed by atoms with Gasteiger partial charge in [0.05, 0.1) is 18.2 Å². The van der Waals surface area contributed by atoms with Crippen LogP contribution in [-0.2, 0) is 6.42 Å². The van der Waals surface area contributed by atoms with E-state index >= 15 is 0 Å². The molecule has 0 radical (unpaired) electrons. The second kappa shape index (κ2) is 10.00. The molecule has 3 rings (SSSR count). The van der Waals surface area contributed by atoms with E-state index < -0.39 is 17.6 Å². The maximum Gasteiger partial charge on any atom is 0.322 e. The Bertz CT molecular complexity index is 1010. The highest BCUT2D eigenvalue weighted by molar-refractivity contribution is 6.30. The zero-order valence-corrected chi connectivity index (χ0v) is 18.5. The van der Waals surface area contributed by atoms with Crippen molar-refractivity contribution in [2.75, 3.05) is 17.2 Å². The minimum Gasteiger partial charge on any atom is -0.394 e. The van der Waals surface area contributed by atoms with Crippen LogP contribution in [0.4, 0.5) is 16.5 Å². The highest BCUT2D eigenvalue weighted by atomic mass is 35.5. The molecule has 1 unspecified atom stereocenters. The lowest BCUT2D eigenvalue weighted by Gasteiger charge is -2.21. The molecule has 2 aromatic carbocycles. The van der Waals surface area contributed by atoms with Crippen LogP contribution in [0, 0.1) is 0 Å². The molecule has 0 aliphatic heterocycles. The third-order valence-corrected chi connectivity index (χ3v) is 4.86. The van der Waals surface area contributed by atoms with E-state index in [2.05, 4.69) is 26.1 Å². The molecule has 0 aliphatic carbocycles. The monoisotopic (exact) mass is 463 g/mol. The van der Waals surface area contributed by atoms with Crippen molar-refractivity contribution < 1.29 is 14.4 Å². The normalized spacial score (nSPS) is 12.3. The SMILES string of the molecule is CC(C)(CO)Nc1nc(C(Cc2ccc(Cl)cc2)NC(=O)Nc2ccc(Cl)cc2)no1. The van der Waals surface area contributed by atoms with Gasteiger partial charge in [0.1, 0.15) is 0 Å². The molecule has 0 bridgehead atoms. The van der Waals surface area contributed by atoms with E-state index in [9.17, 15) is 9.90 Å². The van der Waals surface area contributed by atoms with E-state index in [0.29, 0.717) is 22.2 Å². The van der Waals surface area contributed by atoms with Crippen molar-refractivity contribution in [2.45, 2.75) is 31.8 Å². The van der Waals surface area contributed by atoms with Crippen LogP contribution in [0.2, 0.25) is 10.0 Å². The summed E-state index contributed by atoms with van der Waals surface area (Å²) < 4.78 is 5.26. The number of rotatable bonds is 8. The number of benzene rings is 2. The van der Waals surface area contributed by atoms with Crippen molar-refractivity contribution in [3.8, 4) is 0 Å². The van der Waals surface area contributed by atoms with Crippen molar-refractivity contribution in [3.63, 3.8) is 0 Å². The molecule has 0 saturated carbocycles. The average molecular weight is 464 g/mol. The van der Waals surface area contributed by atoms with Crippen molar-refractivity contribution in [2.24, 2.45) is 0 Å². The predicted molar refractivity (Wildman–Crippen MR) is 121 cm³/mol. The molecule has 0 saturated heterocycles. The van der Waals surface area contributed by atoms with Crippen molar-refractivity contribution in [1.29, 1.82) is 0 Å². The fourth-order valence-electron chi connectivity index (χ4n) is 2.68. The van der Waals surface area contributed by atoms with Gasteiger partial charge in [0, 0.05) is 22.2 Å². The van der Waals surface area contributed by atoms with E-state index in [1.807, 2.05) is 12.1 Å². The fraction of sp³-hybridized carbons (Fsp3) is 0.286. The van der Waals surface area contributed by atoms with Gasteiger partial charge in [-0.2, -0.15) is 4.98 Å². The van der Waals surface area contributed by atoms with Crippen LogP contribution < -0.4 is 16.0 Å². The topological polar surface area (TPSA) is 112 Å². The maximum atomic E-state index is 12.6. The zero-order chi connectivity index (χ0) is 22.4. The lowest BCUT2D eigenvalue weighted by atomic mass is 10.1. The fourth-order valence-corrected chi connectivity index (χ4v) is 2.93. The van der Waals surface area contributed by atoms with Gasteiger partial charge in [-0.15, -0.1) is 0 Å². The Morgan fingerprint density at radius 1 is 1.10 bits per heavy atom. The number of aliphatic hydroxyl groups is 1. The van der Waals surface area contributed by atoms with Gasteiger partial charge < -0.3 is 25.6 Å².